The molecule has 0 amide bonds. The van der Waals surface area contributed by atoms with Crippen molar-refractivity contribution in [2.24, 2.45) is 5.73 Å². The van der Waals surface area contributed by atoms with Gasteiger partial charge in [0, 0.05) is 24.3 Å². The van der Waals surface area contributed by atoms with Gasteiger partial charge >= 0.3 is 11.9 Å². The Labute approximate surface area is 178 Å². The Morgan fingerprint density at radius 1 is 0.968 bits per heavy atom. The van der Waals surface area contributed by atoms with Gasteiger partial charge in [-0.15, -0.1) is 0 Å². The van der Waals surface area contributed by atoms with Crippen molar-refractivity contribution in [2.45, 2.75) is 13.0 Å². The summed E-state index contributed by atoms with van der Waals surface area (Å²) in [4.78, 5) is 25.2. The monoisotopic (exact) mass is 415 g/mol. The van der Waals surface area contributed by atoms with Gasteiger partial charge in [0.15, 0.2) is 0 Å². The van der Waals surface area contributed by atoms with Crippen LogP contribution >= 0.6 is 0 Å². The first kappa shape index (κ1) is 20.2. The quantitative estimate of drug-likeness (QED) is 0.360. The lowest BCUT2D eigenvalue weighted by molar-refractivity contribution is 0.0696. The van der Waals surface area contributed by atoms with Crippen LogP contribution in [0.2, 0.25) is 0 Å². The summed E-state index contributed by atoms with van der Waals surface area (Å²) >= 11 is 0. The SMILES string of the molecule is N=C(N)c1ccc2c(c1)CCN2Cc1cccc(-c2ccc(C(=O)O)cc2C(=O)O)c1. The van der Waals surface area contributed by atoms with Crippen molar-refractivity contribution in [1.29, 1.82) is 5.41 Å². The number of carboxylic acid groups (broad SMARTS) is 2. The van der Waals surface area contributed by atoms with E-state index in [2.05, 4.69) is 4.90 Å². The number of fused-ring (bicyclic) bond motifs is 1. The van der Waals surface area contributed by atoms with Crippen LogP contribution in [-0.4, -0.2) is 34.5 Å². The summed E-state index contributed by atoms with van der Waals surface area (Å²) in [5.41, 5.74) is 10.7. The van der Waals surface area contributed by atoms with E-state index in [1.807, 2.05) is 42.5 Å². The van der Waals surface area contributed by atoms with Crippen molar-refractivity contribution in [2.75, 3.05) is 11.4 Å². The van der Waals surface area contributed by atoms with Crippen molar-refractivity contribution in [3.63, 3.8) is 0 Å². The molecule has 0 atom stereocenters. The topological polar surface area (TPSA) is 128 Å². The highest BCUT2D eigenvalue weighted by molar-refractivity contribution is 5.99. The van der Waals surface area contributed by atoms with Gasteiger partial charge in [0.05, 0.1) is 11.1 Å². The molecule has 4 rings (SSSR count). The molecular formula is C24H21N3O4. The zero-order valence-electron chi connectivity index (χ0n) is 16.6. The Morgan fingerprint density at radius 2 is 1.74 bits per heavy atom. The average Bonchev–Trinajstić information content (AvgIpc) is 3.15. The van der Waals surface area contributed by atoms with Crippen molar-refractivity contribution >= 4 is 23.5 Å². The summed E-state index contributed by atoms with van der Waals surface area (Å²) in [6.45, 7) is 1.49. The molecule has 31 heavy (non-hydrogen) atoms. The fraction of sp³-hybridized carbons (Fsp3) is 0.125. The fourth-order valence-electron chi connectivity index (χ4n) is 3.97. The van der Waals surface area contributed by atoms with E-state index in [1.165, 1.54) is 12.1 Å². The van der Waals surface area contributed by atoms with Gasteiger partial charge in [-0.2, -0.15) is 0 Å². The molecule has 7 nitrogen and oxygen atoms in total. The summed E-state index contributed by atoms with van der Waals surface area (Å²) < 4.78 is 0. The molecule has 0 saturated carbocycles. The standard InChI is InChI=1S/C24H21N3O4/c25-22(26)17-5-7-21-16(11-17)8-9-27(21)13-14-2-1-3-15(10-14)19-6-4-18(23(28)29)12-20(19)24(30)31/h1-7,10-12H,8-9,13H2,(H3,25,26)(H,28,29)(H,30,31). The van der Waals surface area contributed by atoms with Crippen LogP contribution in [0.3, 0.4) is 0 Å². The Kier molecular flexibility index (Phi) is 5.17. The van der Waals surface area contributed by atoms with Gasteiger partial charge < -0.3 is 20.8 Å². The number of benzene rings is 3. The van der Waals surface area contributed by atoms with Crippen LogP contribution in [0.4, 0.5) is 5.69 Å². The molecular weight excluding hydrogens is 394 g/mol. The van der Waals surface area contributed by atoms with Crippen molar-refractivity contribution in [1.82, 2.24) is 0 Å². The lowest BCUT2D eigenvalue weighted by Gasteiger charge is -2.20. The molecule has 3 aromatic carbocycles. The normalized spacial score (nSPS) is 12.5. The molecule has 0 radical (unpaired) electrons. The highest BCUT2D eigenvalue weighted by atomic mass is 16.4. The van der Waals surface area contributed by atoms with Gasteiger partial charge in [0.1, 0.15) is 5.84 Å². The van der Waals surface area contributed by atoms with Crippen LogP contribution in [0.1, 0.15) is 37.4 Å². The van der Waals surface area contributed by atoms with Crippen LogP contribution in [0.5, 0.6) is 0 Å². The van der Waals surface area contributed by atoms with Crippen molar-refractivity contribution in [3.05, 3.63) is 88.5 Å². The van der Waals surface area contributed by atoms with Crippen LogP contribution in [0, 0.1) is 5.41 Å². The van der Waals surface area contributed by atoms with Crippen LogP contribution in [0.15, 0.2) is 60.7 Å². The van der Waals surface area contributed by atoms with E-state index in [0.717, 1.165) is 35.3 Å². The lowest BCUT2D eigenvalue weighted by Crippen LogP contribution is -2.19. The van der Waals surface area contributed by atoms with Gasteiger partial charge in [-0.25, -0.2) is 9.59 Å². The number of rotatable bonds is 6. The van der Waals surface area contributed by atoms with Crippen molar-refractivity contribution < 1.29 is 19.8 Å². The molecule has 0 aliphatic carbocycles. The summed E-state index contributed by atoms with van der Waals surface area (Å²) in [6, 6.07) is 17.5. The van der Waals surface area contributed by atoms with Crippen LogP contribution in [-0.2, 0) is 13.0 Å². The van der Waals surface area contributed by atoms with Gasteiger partial charge in [0.25, 0.3) is 0 Å². The summed E-state index contributed by atoms with van der Waals surface area (Å²) in [7, 11) is 0. The Morgan fingerprint density at radius 3 is 2.45 bits per heavy atom. The number of nitrogens with zero attached hydrogens (tertiary/aromatic N) is 1. The summed E-state index contributed by atoms with van der Waals surface area (Å²) in [5, 5.41) is 26.4. The second kappa shape index (κ2) is 7.95. The maximum absolute atomic E-state index is 11.7. The third-order valence-corrected chi connectivity index (χ3v) is 5.49. The molecule has 3 aromatic rings. The number of nitrogens with two attached hydrogens (primary N) is 1. The van der Waals surface area contributed by atoms with Crippen molar-refractivity contribution in [3.8, 4) is 11.1 Å². The van der Waals surface area contributed by atoms with E-state index < -0.39 is 11.9 Å². The number of hydrogen-bond donors (Lipinski definition) is 4. The van der Waals surface area contributed by atoms with E-state index in [1.54, 1.807) is 6.07 Å². The molecule has 1 heterocycles. The number of nitrogen functional groups attached to an aromatic ring is 1. The van der Waals surface area contributed by atoms with Gasteiger partial charge in [-0.3, -0.25) is 5.41 Å². The summed E-state index contributed by atoms with van der Waals surface area (Å²) in [6.07, 6.45) is 0.871. The number of carbonyl (C=O) groups is 2. The molecule has 5 N–H and O–H groups in total. The predicted octanol–water partition coefficient (Wildman–Crippen LogP) is 3.60. The number of aromatic carboxylic acids is 2. The molecule has 0 fully saturated rings. The molecule has 1 aliphatic rings. The van der Waals surface area contributed by atoms with E-state index >= 15 is 0 Å². The van der Waals surface area contributed by atoms with Gasteiger partial charge in [0.2, 0.25) is 0 Å². The smallest absolute Gasteiger partial charge is 0.336 e. The van der Waals surface area contributed by atoms with Crippen LogP contribution in [0.25, 0.3) is 11.1 Å². The highest BCUT2D eigenvalue weighted by Gasteiger charge is 2.20. The first-order valence-electron chi connectivity index (χ1n) is 9.75. The third kappa shape index (κ3) is 3.98. The van der Waals surface area contributed by atoms with E-state index in [9.17, 15) is 14.7 Å². The number of amidine groups is 1. The Balaban J connectivity index is 1.63. The molecule has 0 unspecified atom stereocenters. The lowest BCUT2D eigenvalue weighted by atomic mass is 9.96. The second-order valence-electron chi connectivity index (χ2n) is 7.50. The third-order valence-electron chi connectivity index (χ3n) is 5.49. The molecule has 1 aliphatic heterocycles. The fourth-order valence-corrected chi connectivity index (χ4v) is 3.97. The minimum Gasteiger partial charge on any atom is -0.478 e. The number of hydrogen-bond acceptors (Lipinski definition) is 4. The maximum Gasteiger partial charge on any atom is 0.336 e. The van der Waals surface area contributed by atoms with Crippen LogP contribution < -0.4 is 10.6 Å². The minimum atomic E-state index is -1.17. The Hall–Kier alpha value is -4.13. The second-order valence-corrected chi connectivity index (χ2v) is 7.50. The first-order chi connectivity index (χ1) is 14.8. The zero-order chi connectivity index (χ0) is 22.1. The first-order valence-corrected chi connectivity index (χ1v) is 9.75. The minimum absolute atomic E-state index is 0.0414. The predicted molar refractivity (Wildman–Crippen MR) is 118 cm³/mol. The number of carboxylic acids is 2. The molecule has 0 spiro atoms. The number of anilines is 1. The molecule has 0 bridgehead atoms. The van der Waals surface area contributed by atoms with E-state index in [-0.39, 0.29) is 17.0 Å². The van der Waals surface area contributed by atoms with E-state index in [4.69, 9.17) is 16.2 Å². The molecule has 0 saturated heterocycles. The van der Waals surface area contributed by atoms with Gasteiger partial charge in [-0.05, 0) is 65.1 Å². The largest absolute Gasteiger partial charge is 0.478 e. The zero-order valence-corrected chi connectivity index (χ0v) is 16.6. The maximum atomic E-state index is 11.7. The summed E-state index contributed by atoms with van der Waals surface area (Å²) in [5.74, 6) is -2.28. The Bertz CT molecular complexity index is 1220. The highest BCUT2D eigenvalue weighted by Crippen LogP contribution is 2.31. The van der Waals surface area contributed by atoms with Gasteiger partial charge in [-0.1, -0.05) is 24.3 Å². The molecule has 7 heteroatoms. The number of nitrogens with one attached hydrogen (secondary N) is 1. The molecule has 0 aromatic heterocycles. The molecule has 156 valence electrons. The average molecular weight is 415 g/mol. The van der Waals surface area contributed by atoms with E-state index in [0.29, 0.717) is 17.7 Å².